The summed E-state index contributed by atoms with van der Waals surface area (Å²) in [4.78, 5) is 24.0. The first-order chi connectivity index (χ1) is 10.9. The van der Waals surface area contributed by atoms with E-state index in [4.69, 9.17) is 0 Å². The second kappa shape index (κ2) is 5.68. The van der Waals surface area contributed by atoms with Crippen LogP contribution in [0.15, 0.2) is 16.9 Å². The van der Waals surface area contributed by atoms with E-state index >= 15 is 0 Å². The highest BCUT2D eigenvalue weighted by atomic mass is 16.4. The van der Waals surface area contributed by atoms with Gasteiger partial charge in [0.15, 0.2) is 0 Å². The molecule has 0 amide bonds. The van der Waals surface area contributed by atoms with Gasteiger partial charge >= 0.3 is 11.7 Å². The fourth-order valence-electron chi connectivity index (χ4n) is 3.22. The van der Waals surface area contributed by atoms with Crippen molar-refractivity contribution < 1.29 is 9.90 Å². The number of benzene rings is 1. The summed E-state index contributed by atoms with van der Waals surface area (Å²) < 4.78 is 2.75. The molecule has 1 aromatic heterocycles. The summed E-state index contributed by atoms with van der Waals surface area (Å²) in [5.74, 6) is -0.384. The molecular weight excluding hydrogens is 294 g/mol. The normalized spacial score (nSPS) is 17.1. The highest BCUT2D eigenvalue weighted by molar-refractivity contribution is 5.72. The Bertz CT molecular complexity index is 832. The lowest BCUT2D eigenvalue weighted by molar-refractivity contribution is -0.141. The molecule has 0 fully saturated rings. The van der Waals surface area contributed by atoms with E-state index in [1.54, 1.807) is 0 Å². The SMILES string of the molecule is Cc1cc(C)c(Cn2nc3n(c2=O)C(C(=O)O)CCC3)cc1C. The van der Waals surface area contributed by atoms with E-state index in [0.29, 0.717) is 25.2 Å². The average Bonchev–Trinajstić information content (AvgIpc) is 2.81. The van der Waals surface area contributed by atoms with Gasteiger partial charge in [0, 0.05) is 6.42 Å². The number of carboxylic acids is 1. The van der Waals surface area contributed by atoms with Gasteiger partial charge in [0.1, 0.15) is 11.9 Å². The number of carbonyl (C=O) groups is 1. The highest BCUT2D eigenvalue weighted by Gasteiger charge is 2.30. The van der Waals surface area contributed by atoms with Gasteiger partial charge in [-0.1, -0.05) is 12.1 Å². The summed E-state index contributed by atoms with van der Waals surface area (Å²) in [6.45, 7) is 6.49. The molecule has 0 spiro atoms. The summed E-state index contributed by atoms with van der Waals surface area (Å²) in [5, 5.41) is 13.7. The first kappa shape index (κ1) is 15.5. The minimum Gasteiger partial charge on any atom is -0.480 e. The molecule has 1 atom stereocenters. The summed E-state index contributed by atoms with van der Waals surface area (Å²) in [5.41, 5.74) is 4.21. The topological polar surface area (TPSA) is 77.1 Å². The van der Waals surface area contributed by atoms with Crippen LogP contribution in [-0.2, 0) is 17.8 Å². The largest absolute Gasteiger partial charge is 0.480 e. The van der Waals surface area contributed by atoms with Crippen LogP contribution in [0.25, 0.3) is 0 Å². The molecule has 2 aromatic rings. The third-order valence-electron chi connectivity index (χ3n) is 4.69. The van der Waals surface area contributed by atoms with E-state index < -0.39 is 12.0 Å². The summed E-state index contributed by atoms with van der Waals surface area (Å²) in [6, 6.07) is 3.39. The predicted octanol–water partition coefficient (Wildman–Crippen LogP) is 1.98. The van der Waals surface area contributed by atoms with Gasteiger partial charge in [0.25, 0.3) is 0 Å². The number of hydrogen-bond donors (Lipinski definition) is 1. The number of carboxylic acid groups (broad SMARTS) is 1. The number of hydrogen-bond acceptors (Lipinski definition) is 3. The zero-order valence-corrected chi connectivity index (χ0v) is 13.7. The Balaban J connectivity index is 2.02. The molecule has 1 aliphatic rings. The van der Waals surface area contributed by atoms with Crippen molar-refractivity contribution in [1.82, 2.24) is 14.3 Å². The van der Waals surface area contributed by atoms with Gasteiger partial charge in [0.05, 0.1) is 6.54 Å². The molecule has 6 nitrogen and oxygen atoms in total. The van der Waals surface area contributed by atoms with Crippen LogP contribution in [0.1, 0.15) is 47.0 Å². The fraction of sp³-hybridized carbons (Fsp3) is 0.471. The lowest BCUT2D eigenvalue weighted by Crippen LogP contribution is -2.34. The number of rotatable bonds is 3. The molecule has 0 radical (unpaired) electrons. The molecule has 1 aliphatic heterocycles. The van der Waals surface area contributed by atoms with E-state index in [1.165, 1.54) is 20.4 Å². The molecular formula is C17H21N3O3. The van der Waals surface area contributed by atoms with Gasteiger partial charge in [-0.15, -0.1) is 0 Å². The molecule has 1 N–H and O–H groups in total. The minimum absolute atomic E-state index is 0.329. The monoisotopic (exact) mass is 315 g/mol. The van der Waals surface area contributed by atoms with Crippen LogP contribution < -0.4 is 5.69 Å². The minimum atomic E-state index is -0.963. The number of aromatic nitrogens is 3. The lowest BCUT2D eigenvalue weighted by Gasteiger charge is -2.19. The number of aryl methyl sites for hydroxylation is 4. The average molecular weight is 315 g/mol. The molecule has 6 heteroatoms. The Morgan fingerprint density at radius 2 is 1.96 bits per heavy atom. The number of nitrogens with zero attached hydrogens (tertiary/aromatic N) is 3. The Morgan fingerprint density at radius 3 is 2.65 bits per heavy atom. The van der Waals surface area contributed by atoms with Gasteiger partial charge < -0.3 is 5.11 Å². The molecule has 1 aromatic carbocycles. The molecule has 2 heterocycles. The van der Waals surface area contributed by atoms with Crippen molar-refractivity contribution in [2.24, 2.45) is 0 Å². The second-order valence-corrected chi connectivity index (χ2v) is 6.34. The van der Waals surface area contributed by atoms with Crippen LogP contribution in [0, 0.1) is 20.8 Å². The zero-order chi connectivity index (χ0) is 16.7. The smallest absolute Gasteiger partial charge is 0.347 e. The summed E-state index contributed by atoms with van der Waals surface area (Å²) in [6.07, 6.45) is 1.88. The van der Waals surface area contributed by atoms with Crippen molar-refractivity contribution in [2.75, 3.05) is 0 Å². The van der Waals surface area contributed by atoms with E-state index in [1.807, 2.05) is 13.8 Å². The number of fused-ring (bicyclic) bond motifs is 1. The van der Waals surface area contributed by atoms with Gasteiger partial charge in [-0.25, -0.2) is 14.3 Å². The van der Waals surface area contributed by atoms with Crippen LogP contribution in [0.3, 0.4) is 0 Å². The Labute approximate surface area is 134 Å². The molecule has 1 unspecified atom stereocenters. The maximum atomic E-state index is 12.6. The Kier molecular flexibility index (Phi) is 3.83. The van der Waals surface area contributed by atoms with E-state index in [0.717, 1.165) is 17.5 Å². The molecule has 23 heavy (non-hydrogen) atoms. The number of aliphatic carboxylic acids is 1. The standard InChI is InChI=1S/C17H21N3O3/c1-10-7-12(3)13(8-11(10)2)9-19-17(23)20-14(16(21)22)5-4-6-15(20)18-19/h7-8,14H,4-6,9H2,1-3H3,(H,21,22). The zero-order valence-electron chi connectivity index (χ0n) is 13.7. The third-order valence-corrected chi connectivity index (χ3v) is 4.69. The van der Waals surface area contributed by atoms with Gasteiger partial charge in [0.2, 0.25) is 0 Å². The highest BCUT2D eigenvalue weighted by Crippen LogP contribution is 2.22. The summed E-state index contributed by atoms with van der Waals surface area (Å²) in [7, 11) is 0. The Morgan fingerprint density at radius 1 is 1.26 bits per heavy atom. The molecule has 0 saturated carbocycles. The van der Waals surface area contributed by atoms with Crippen LogP contribution in [0.2, 0.25) is 0 Å². The molecule has 0 bridgehead atoms. The van der Waals surface area contributed by atoms with Gasteiger partial charge in [-0.05, 0) is 55.9 Å². The summed E-state index contributed by atoms with van der Waals surface area (Å²) >= 11 is 0. The quantitative estimate of drug-likeness (QED) is 0.939. The van der Waals surface area contributed by atoms with Crippen molar-refractivity contribution in [2.45, 2.75) is 52.6 Å². The fourth-order valence-corrected chi connectivity index (χ4v) is 3.22. The third kappa shape index (κ3) is 2.69. The molecule has 3 rings (SSSR count). The van der Waals surface area contributed by atoms with Crippen LogP contribution in [0.4, 0.5) is 0 Å². The van der Waals surface area contributed by atoms with Crippen LogP contribution in [0.5, 0.6) is 0 Å². The van der Waals surface area contributed by atoms with Gasteiger partial charge in [-0.3, -0.25) is 4.57 Å². The predicted molar refractivity (Wildman–Crippen MR) is 85.9 cm³/mol. The van der Waals surface area contributed by atoms with Gasteiger partial charge in [-0.2, -0.15) is 5.10 Å². The van der Waals surface area contributed by atoms with Crippen molar-refractivity contribution >= 4 is 5.97 Å². The van der Waals surface area contributed by atoms with E-state index in [2.05, 4.69) is 24.2 Å². The van der Waals surface area contributed by atoms with E-state index in [9.17, 15) is 14.7 Å². The first-order valence-corrected chi connectivity index (χ1v) is 7.86. The maximum Gasteiger partial charge on any atom is 0.347 e. The van der Waals surface area contributed by atoms with Crippen molar-refractivity contribution in [3.63, 3.8) is 0 Å². The molecule has 122 valence electrons. The maximum absolute atomic E-state index is 12.6. The van der Waals surface area contributed by atoms with E-state index in [-0.39, 0.29) is 5.69 Å². The van der Waals surface area contributed by atoms with Crippen LogP contribution >= 0.6 is 0 Å². The van der Waals surface area contributed by atoms with Crippen LogP contribution in [-0.4, -0.2) is 25.4 Å². The van der Waals surface area contributed by atoms with Crippen molar-refractivity contribution in [1.29, 1.82) is 0 Å². The first-order valence-electron chi connectivity index (χ1n) is 7.86. The Hall–Kier alpha value is -2.37. The molecule has 0 aliphatic carbocycles. The van der Waals surface area contributed by atoms with Crippen molar-refractivity contribution in [3.05, 3.63) is 50.7 Å². The second-order valence-electron chi connectivity index (χ2n) is 6.34. The molecule has 0 saturated heterocycles. The lowest BCUT2D eigenvalue weighted by atomic mass is 10.0. The van der Waals surface area contributed by atoms with Crippen molar-refractivity contribution in [3.8, 4) is 0 Å².